The average molecular weight is 379 g/mol. The van der Waals surface area contributed by atoms with E-state index in [2.05, 4.69) is 10.6 Å². The first-order valence-electron chi connectivity index (χ1n) is 9.16. The Labute approximate surface area is 165 Å². The Morgan fingerprint density at radius 1 is 1.07 bits per heavy atom. The van der Waals surface area contributed by atoms with Crippen LogP contribution in [0, 0.1) is 6.92 Å². The van der Waals surface area contributed by atoms with Crippen molar-refractivity contribution in [2.75, 3.05) is 20.7 Å². The van der Waals surface area contributed by atoms with Crippen LogP contribution in [0.25, 0.3) is 0 Å². The molecule has 2 aromatic carbocycles. The summed E-state index contributed by atoms with van der Waals surface area (Å²) in [6.07, 6.45) is 0. The lowest BCUT2D eigenvalue weighted by molar-refractivity contribution is -0.136. The van der Waals surface area contributed by atoms with Gasteiger partial charge in [-0.05, 0) is 25.1 Å². The molecule has 3 rings (SSSR count). The number of likely N-dealkylation sites (N-methyl/N-ethyl adjacent to an activating group) is 1. The van der Waals surface area contributed by atoms with Crippen molar-refractivity contribution < 1.29 is 14.3 Å². The van der Waals surface area contributed by atoms with Crippen LogP contribution in [0.5, 0.6) is 0 Å². The molecule has 146 valence electrons. The first-order valence-corrected chi connectivity index (χ1v) is 9.16. The minimum Gasteiger partial charge on any atom is -0.466 e. The van der Waals surface area contributed by atoms with Gasteiger partial charge in [0.2, 0.25) is 0 Å². The van der Waals surface area contributed by atoms with Crippen LogP contribution in [0.4, 0.5) is 4.79 Å². The van der Waals surface area contributed by atoms with Crippen LogP contribution in [0.2, 0.25) is 0 Å². The molecular weight excluding hydrogens is 354 g/mol. The second-order valence-electron chi connectivity index (χ2n) is 6.98. The van der Waals surface area contributed by atoms with Crippen molar-refractivity contribution in [3.63, 3.8) is 0 Å². The summed E-state index contributed by atoms with van der Waals surface area (Å²) in [5, 5.41) is 5.64. The van der Waals surface area contributed by atoms with Crippen molar-refractivity contribution in [1.29, 1.82) is 0 Å². The Kier molecular flexibility index (Phi) is 6.11. The highest BCUT2D eigenvalue weighted by molar-refractivity contribution is 5.95. The summed E-state index contributed by atoms with van der Waals surface area (Å²) in [7, 11) is 3.30. The summed E-state index contributed by atoms with van der Waals surface area (Å²) in [5.74, 6) is -0.457. The molecule has 0 spiro atoms. The van der Waals surface area contributed by atoms with E-state index in [1.807, 2.05) is 73.5 Å². The van der Waals surface area contributed by atoms with E-state index in [0.717, 1.165) is 16.7 Å². The topological polar surface area (TPSA) is 70.7 Å². The summed E-state index contributed by atoms with van der Waals surface area (Å²) >= 11 is 0. The zero-order valence-electron chi connectivity index (χ0n) is 16.4. The quantitative estimate of drug-likeness (QED) is 0.757. The van der Waals surface area contributed by atoms with Crippen molar-refractivity contribution in [1.82, 2.24) is 15.5 Å². The molecule has 2 amide bonds. The number of benzene rings is 2. The standard InChI is InChI=1S/C22H25N3O3/c1-15-9-11-17(12-10-15)20-19(21(26)28-3)18(23-22(27)24-20)14-25(2)13-16-7-5-4-6-8-16/h4-12,20H,13-14H2,1-3H3,(H2,23,24,27)/t20-/m1/s1. The molecule has 1 aliphatic heterocycles. The average Bonchev–Trinajstić information content (AvgIpc) is 2.68. The van der Waals surface area contributed by atoms with E-state index in [1.54, 1.807) is 0 Å². The summed E-state index contributed by atoms with van der Waals surface area (Å²) < 4.78 is 5.02. The Morgan fingerprint density at radius 2 is 1.75 bits per heavy atom. The second kappa shape index (κ2) is 8.71. The molecule has 0 saturated carbocycles. The Morgan fingerprint density at radius 3 is 2.39 bits per heavy atom. The summed E-state index contributed by atoms with van der Waals surface area (Å²) in [5.41, 5.74) is 4.07. The molecule has 1 heterocycles. The predicted octanol–water partition coefficient (Wildman–Crippen LogP) is 2.91. The number of carbonyl (C=O) groups excluding carboxylic acids is 2. The third-order valence-electron chi connectivity index (χ3n) is 4.69. The van der Waals surface area contributed by atoms with E-state index < -0.39 is 12.0 Å². The van der Waals surface area contributed by atoms with Gasteiger partial charge in [0.1, 0.15) is 0 Å². The number of carbonyl (C=O) groups is 2. The highest BCUT2D eigenvalue weighted by atomic mass is 16.5. The van der Waals surface area contributed by atoms with Crippen molar-refractivity contribution in [2.24, 2.45) is 0 Å². The van der Waals surface area contributed by atoms with Crippen LogP contribution >= 0.6 is 0 Å². The van der Waals surface area contributed by atoms with Gasteiger partial charge in [-0.1, -0.05) is 60.2 Å². The molecule has 2 aromatic rings. The van der Waals surface area contributed by atoms with Crippen LogP contribution in [-0.4, -0.2) is 37.6 Å². The van der Waals surface area contributed by atoms with Crippen LogP contribution in [0.3, 0.4) is 0 Å². The minimum atomic E-state index is -0.554. The number of hydrogen-bond acceptors (Lipinski definition) is 4. The second-order valence-corrected chi connectivity index (χ2v) is 6.98. The van der Waals surface area contributed by atoms with Crippen LogP contribution in [-0.2, 0) is 16.1 Å². The highest BCUT2D eigenvalue weighted by Gasteiger charge is 2.33. The molecule has 1 atom stereocenters. The van der Waals surface area contributed by atoms with E-state index in [1.165, 1.54) is 7.11 Å². The number of rotatable bonds is 6. The smallest absolute Gasteiger partial charge is 0.338 e. The van der Waals surface area contributed by atoms with E-state index >= 15 is 0 Å². The third-order valence-corrected chi connectivity index (χ3v) is 4.69. The molecule has 0 unspecified atom stereocenters. The van der Waals surface area contributed by atoms with Crippen LogP contribution < -0.4 is 10.6 Å². The molecule has 28 heavy (non-hydrogen) atoms. The van der Waals surface area contributed by atoms with E-state index in [-0.39, 0.29) is 6.03 Å². The number of hydrogen-bond donors (Lipinski definition) is 2. The SMILES string of the molecule is COC(=O)C1=C(CN(C)Cc2ccccc2)NC(=O)N[C@@H]1c1ccc(C)cc1. The van der Waals surface area contributed by atoms with E-state index in [4.69, 9.17) is 4.74 Å². The zero-order chi connectivity index (χ0) is 20.1. The Balaban J connectivity index is 1.92. The molecule has 1 aliphatic rings. The number of ether oxygens (including phenoxy) is 1. The van der Waals surface area contributed by atoms with E-state index in [9.17, 15) is 9.59 Å². The van der Waals surface area contributed by atoms with Gasteiger partial charge in [0.05, 0.1) is 18.7 Å². The molecule has 0 fully saturated rings. The lowest BCUT2D eigenvalue weighted by Crippen LogP contribution is -2.48. The molecule has 0 bridgehead atoms. The van der Waals surface area contributed by atoms with Gasteiger partial charge in [0.25, 0.3) is 0 Å². The van der Waals surface area contributed by atoms with Gasteiger partial charge in [0.15, 0.2) is 0 Å². The largest absolute Gasteiger partial charge is 0.466 e. The molecule has 0 aromatic heterocycles. The number of urea groups is 1. The number of aryl methyl sites for hydroxylation is 1. The van der Waals surface area contributed by atoms with Gasteiger partial charge < -0.3 is 15.4 Å². The maximum atomic E-state index is 12.6. The molecular formula is C22H25N3O3. The van der Waals surface area contributed by atoms with Gasteiger partial charge in [-0.3, -0.25) is 4.90 Å². The molecule has 0 radical (unpaired) electrons. The summed E-state index contributed by atoms with van der Waals surface area (Å²) in [4.78, 5) is 26.9. The molecule has 2 N–H and O–H groups in total. The molecule has 6 heteroatoms. The number of nitrogens with one attached hydrogen (secondary N) is 2. The highest BCUT2D eigenvalue weighted by Crippen LogP contribution is 2.28. The lowest BCUT2D eigenvalue weighted by Gasteiger charge is -2.31. The maximum Gasteiger partial charge on any atom is 0.338 e. The van der Waals surface area contributed by atoms with E-state index in [0.29, 0.717) is 24.4 Å². The number of methoxy groups -OCH3 is 1. The van der Waals surface area contributed by atoms with Crippen LogP contribution in [0.1, 0.15) is 22.7 Å². The van der Waals surface area contributed by atoms with Crippen molar-refractivity contribution >= 4 is 12.0 Å². The summed E-state index contributed by atoms with van der Waals surface area (Å²) in [6, 6.07) is 16.9. The number of nitrogens with zero attached hydrogens (tertiary/aromatic N) is 1. The minimum absolute atomic E-state index is 0.332. The van der Waals surface area contributed by atoms with Gasteiger partial charge in [-0.15, -0.1) is 0 Å². The normalized spacial score (nSPS) is 16.6. The first-order chi connectivity index (χ1) is 13.5. The molecule has 0 aliphatic carbocycles. The Hall–Kier alpha value is -3.12. The number of esters is 1. The fraction of sp³-hybridized carbons (Fsp3) is 0.273. The first kappa shape index (κ1) is 19.6. The monoisotopic (exact) mass is 379 g/mol. The van der Waals surface area contributed by atoms with Crippen molar-refractivity contribution in [2.45, 2.75) is 19.5 Å². The summed E-state index contributed by atoms with van der Waals surface area (Å²) in [6.45, 7) is 3.10. The lowest BCUT2D eigenvalue weighted by atomic mass is 9.94. The number of amides is 2. The third kappa shape index (κ3) is 4.58. The van der Waals surface area contributed by atoms with Gasteiger partial charge >= 0.3 is 12.0 Å². The fourth-order valence-electron chi connectivity index (χ4n) is 3.32. The van der Waals surface area contributed by atoms with Crippen molar-refractivity contribution in [3.8, 4) is 0 Å². The van der Waals surface area contributed by atoms with Gasteiger partial charge in [-0.25, -0.2) is 9.59 Å². The Bertz CT molecular complexity index is 876. The maximum absolute atomic E-state index is 12.6. The fourth-order valence-corrected chi connectivity index (χ4v) is 3.32. The van der Waals surface area contributed by atoms with Gasteiger partial charge in [0, 0.05) is 18.8 Å². The molecule has 0 saturated heterocycles. The molecule has 6 nitrogen and oxygen atoms in total. The zero-order valence-corrected chi connectivity index (χ0v) is 16.4. The predicted molar refractivity (Wildman–Crippen MR) is 107 cm³/mol. The van der Waals surface area contributed by atoms with Crippen LogP contribution in [0.15, 0.2) is 65.9 Å². The van der Waals surface area contributed by atoms with Crippen molar-refractivity contribution in [3.05, 3.63) is 82.6 Å². The van der Waals surface area contributed by atoms with Gasteiger partial charge in [-0.2, -0.15) is 0 Å².